The average Bonchev–Trinajstić information content (AvgIpc) is 2.87. The van der Waals surface area contributed by atoms with Gasteiger partial charge in [-0.05, 0) is 24.6 Å². The third-order valence-electron chi connectivity index (χ3n) is 2.63. The summed E-state index contributed by atoms with van der Waals surface area (Å²) in [6, 6.07) is 1.60. The van der Waals surface area contributed by atoms with Crippen LogP contribution in [-0.4, -0.2) is 16.5 Å². The summed E-state index contributed by atoms with van der Waals surface area (Å²) < 4.78 is 13.2. The molecule has 0 aliphatic carbocycles. The maximum Gasteiger partial charge on any atom is 0.141 e. The van der Waals surface area contributed by atoms with Crippen molar-refractivity contribution in [1.82, 2.24) is 15.3 Å². The molecule has 2 aromatic rings. The molecule has 18 heavy (non-hydrogen) atoms. The van der Waals surface area contributed by atoms with E-state index in [-0.39, 0.29) is 11.9 Å². The van der Waals surface area contributed by atoms with Crippen LogP contribution < -0.4 is 5.32 Å². The molecular weight excluding hydrogens is 249 g/mol. The van der Waals surface area contributed by atoms with Gasteiger partial charge in [-0.1, -0.05) is 6.92 Å². The number of rotatable bonds is 6. The van der Waals surface area contributed by atoms with E-state index in [0.29, 0.717) is 0 Å². The zero-order valence-electron chi connectivity index (χ0n) is 10.3. The Morgan fingerprint density at radius 3 is 3.00 bits per heavy atom. The molecule has 2 aromatic heterocycles. The summed E-state index contributed by atoms with van der Waals surface area (Å²) in [5.41, 5.74) is 0.874. The maximum absolute atomic E-state index is 13.2. The van der Waals surface area contributed by atoms with Crippen molar-refractivity contribution in [2.75, 3.05) is 6.54 Å². The minimum absolute atomic E-state index is 0.0688. The van der Waals surface area contributed by atoms with Crippen LogP contribution in [0.25, 0.3) is 0 Å². The predicted octanol–water partition coefficient (Wildman–Crippen LogP) is 2.96. The summed E-state index contributed by atoms with van der Waals surface area (Å²) >= 11 is 1.62. The Balaban J connectivity index is 2.13. The molecule has 1 N–H and O–H groups in total. The second-order valence-corrected chi connectivity index (χ2v) is 5.05. The van der Waals surface area contributed by atoms with Gasteiger partial charge >= 0.3 is 0 Å². The number of aromatic nitrogens is 2. The minimum atomic E-state index is -0.296. The lowest BCUT2D eigenvalue weighted by Gasteiger charge is -2.17. The maximum atomic E-state index is 13.2. The van der Waals surface area contributed by atoms with Crippen LogP contribution in [0.2, 0.25) is 0 Å². The molecule has 3 nitrogen and oxygen atoms in total. The molecule has 1 unspecified atom stereocenters. The Morgan fingerprint density at radius 2 is 2.33 bits per heavy atom. The molecule has 0 saturated carbocycles. The Bertz CT molecular complexity index is 473. The highest BCUT2D eigenvalue weighted by Crippen LogP contribution is 2.19. The van der Waals surface area contributed by atoms with Crippen LogP contribution in [0, 0.1) is 5.82 Å². The van der Waals surface area contributed by atoms with Gasteiger partial charge in [-0.25, -0.2) is 9.37 Å². The Hall–Kier alpha value is -1.33. The summed E-state index contributed by atoms with van der Waals surface area (Å²) in [6.07, 6.45) is 6.54. The first-order valence-electron chi connectivity index (χ1n) is 6.01. The fraction of sp³-hybridized carbons (Fsp3) is 0.385. The Kier molecular flexibility index (Phi) is 4.78. The molecule has 0 bridgehead atoms. The van der Waals surface area contributed by atoms with Gasteiger partial charge in [0.25, 0.3) is 0 Å². The van der Waals surface area contributed by atoms with Crippen LogP contribution in [-0.2, 0) is 6.42 Å². The van der Waals surface area contributed by atoms with Crippen molar-refractivity contribution in [3.63, 3.8) is 0 Å². The normalized spacial score (nSPS) is 12.6. The number of halogens is 1. The fourth-order valence-corrected chi connectivity index (χ4v) is 2.44. The quantitative estimate of drug-likeness (QED) is 0.872. The molecule has 1 atom stereocenters. The highest BCUT2D eigenvalue weighted by atomic mass is 32.1. The van der Waals surface area contributed by atoms with Gasteiger partial charge < -0.3 is 5.32 Å². The minimum Gasteiger partial charge on any atom is -0.310 e. The van der Waals surface area contributed by atoms with Crippen molar-refractivity contribution in [1.29, 1.82) is 0 Å². The summed E-state index contributed by atoms with van der Waals surface area (Å²) in [5, 5.41) is 6.41. The van der Waals surface area contributed by atoms with Gasteiger partial charge in [0.15, 0.2) is 0 Å². The van der Waals surface area contributed by atoms with Crippen molar-refractivity contribution >= 4 is 11.3 Å². The molecule has 0 aliphatic heterocycles. The summed E-state index contributed by atoms with van der Waals surface area (Å²) in [6.45, 7) is 3.00. The van der Waals surface area contributed by atoms with E-state index in [0.717, 1.165) is 30.0 Å². The molecule has 0 fully saturated rings. The molecule has 2 rings (SSSR count). The third kappa shape index (κ3) is 3.58. The number of hydrogen-bond donors (Lipinski definition) is 1. The van der Waals surface area contributed by atoms with Crippen molar-refractivity contribution in [2.24, 2.45) is 0 Å². The van der Waals surface area contributed by atoms with Gasteiger partial charge in [-0.15, -0.1) is 11.3 Å². The van der Waals surface area contributed by atoms with E-state index in [2.05, 4.69) is 22.2 Å². The van der Waals surface area contributed by atoms with Gasteiger partial charge in [0.2, 0.25) is 0 Å². The summed E-state index contributed by atoms with van der Waals surface area (Å²) in [4.78, 5) is 8.19. The topological polar surface area (TPSA) is 37.8 Å². The molecule has 0 radical (unpaired) electrons. The second kappa shape index (κ2) is 6.56. The highest BCUT2D eigenvalue weighted by molar-refractivity contribution is 7.09. The molecule has 2 heterocycles. The first-order valence-corrected chi connectivity index (χ1v) is 6.89. The summed E-state index contributed by atoms with van der Waals surface area (Å²) in [7, 11) is 0. The van der Waals surface area contributed by atoms with E-state index < -0.39 is 0 Å². The largest absolute Gasteiger partial charge is 0.310 e. The van der Waals surface area contributed by atoms with Gasteiger partial charge in [0.05, 0.1) is 11.2 Å². The van der Waals surface area contributed by atoms with E-state index >= 15 is 0 Å². The van der Waals surface area contributed by atoms with E-state index in [4.69, 9.17) is 0 Å². The van der Waals surface area contributed by atoms with E-state index in [1.807, 2.05) is 5.38 Å². The number of hydrogen-bond acceptors (Lipinski definition) is 4. The number of pyridine rings is 1. The highest BCUT2D eigenvalue weighted by Gasteiger charge is 2.14. The first kappa shape index (κ1) is 13.1. The van der Waals surface area contributed by atoms with Crippen LogP contribution in [0.15, 0.2) is 30.0 Å². The number of thiazole rings is 1. The van der Waals surface area contributed by atoms with E-state index in [9.17, 15) is 4.39 Å². The lowest BCUT2D eigenvalue weighted by Crippen LogP contribution is -2.24. The fourth-order valence-electron chi connectivity index (χ4n) is 1.77. The average molecular weight is 265 g/mol. The van der Waals surface area contributed by atoms with Gasteiger partial charge in [-0.2, -0.15) is 0 Å². The van der Waals surface area contributed by atoms with Crippen molar-refractivity contribution in [3.05, 3.63) is 46.4 Å². The Morgan fingerprint density at radius 1 is 1.44 bits per heavy atom. The van der Waals surface area contributed by atoms with Crippen LogP contribution in [0.4, 0.5) is 4.39 Å². The van der Waals surface area contributed by atoms with Crippen molar-refractivity contribution in [2.45, 2.75) is 25.8 Å². The zero-order chi connectivity index (χ0) is 12.8. The van der Waals surface area contributed by atoms with Crippen molar-refractivity contribution < 1.29 is 4.39 Å². The predicted molar refractivity (Wildman–Crippen MR) is 71.0 cm³/mol. The van der Waals surface area contributed by atoms with Crippen molar-refractivity contribution in [3.8, 4) is 0 Å². The van der Waals surface area contributed by atoms with Crippen LogP contribution in [0.5, 0.6) is 0 Å². The molecule has 0 spiro atoms. The van der Waals surface area contributed by atoms with E-state index in [1.165, 1.54) is 12.3 Å². The molecule has 0 aromatic carbocycles. The zero-order valence-corrected chi connectivity index (χ0v) is 11.1. The Labute approximate surface area is 110 Å². The molecule has 0 amide bonds. The van der Waals surface area contributed by atoms with Gasteiger partial charge in [-0.3, -0.25) is 4.98 Å². The second-order valence-electron chi connectivity index (χ2n) is 4.07. The molecule has 5 heteroatoms. The van der Waals surface area contributed by atoms with Crippen LogP contribution >= 0.6 is 11.3 Å². The lowest BCUT2D eigenvalue weighted by atomic mass is 10.1. The first-order chi connectivity index (χ1) is 8.79. The van der Waals surface area contributed by atoms with Crippen LogP contribution in [0.1, 0.15) is 30.0 Å². The third-order valence-corrected chi connectivity index (χ3v) is 3.43. The van der Waals surface area contributed by atoms with Crippen LogP contribution in [0.3, 0.4) is 0 Å². The molecule has 96 valence electrons. The molecular formula is C13H16FN3S. The molecule has 0 aliphatic rings. The van der Waals surface area contributed by atoms with Gasteiger partial charge in [0.1, 0.15) is 5.82 Å². The standard InChI is InChI=1S/C13H16FN3S/c1-2-3-16-12(7-13-17-4-5-18-13)10-6-11(14)9-15-8-10/h4-6,8-9,12,16H,2-3,7H2,1H3. The number of nitrogens with zero attached hydrogens (tertiary/aromatic N) is 2. The van der Waals surface area contributed by atoms with E-state index in [1.54, 1.807) is 23.7 Å². The van der Waals surface area contributed by atoms with Gasteiger partial charge in [0, 0.05) is 30.2 Å². The smallest absolute Gasteiger partial charge is 0.141 e. The lowest BCUT2D eigenvalue weighted by molar-refractivity contribution is 0.521. The number of nitrogens with one attached hydrogen (secondary N) is 1. The summed E-state index contributed by atoms with van der Waals surface area (Å²) in [5.74, 6) is -0.296. The molecule has 0 saturated heterocycles. The SMILES string of the molecule is CCCNC(Cc1nccs1)c1cncc(F)c1. The monoisotopic (exact) mass is 265 g/mol.